The van der Waals surface area contributed by atoms with E-state index < -0.39 is 5.24 Å². The van der Waals surface area contributed by atoms with Gasteiger partial charge in [-0.3, -0.25) is 4.79 Å². The molecule has 0 saturated heterocycles. The Bertz CT molecular complexity index is 324. The van der Waals surface area contributed by atoms with Crippen molar-refractivity contribution in [2.45, 2.75) is 13.3 Å². The Balaban J connectivity index is 3.28. The minimum atomic E-state index is -0.550. The maximum Gasteiger partial charge on any atom is 0.252 e. The van der Waals surface area contributed by atoms with Crippen LogP contribution in [0.3, 0.4) is 0 Å². The van der Waals surface area contributed by atoms with Gasteiger partial charge in [0.15, 0.2) is 0 Å². The molecule has 0 aliphatic rings. The summed E-state index contributed by atoms with van der Waals surface area (Å²) in [7, 11) is 0. The molecule has 1 aromatic rings. The third-order valence-corrected chi connectivity index (χ3v) is 2.61. The van der Waals surface area contributed by atoms with Gasteiger partial charge < -0.3 is 0 Å². The van der Waals surface area contributed by atoms with Crippen LogP contribution < -0.4 is 0 Å². The largest absolute Gasteiger partial charge is 0.276 e. The highest BCUT2D eigenvalue weighted by molar-refractivity contribution is 6.68. The first-order valence-electron chi connectivity index (χ1n) is 3.74. The van der Waals surface area contributed by atoms with Gasteiger partial charge in [0.1, 0.15) is 0 Å². The fraction of sp³-hybridized carbons (Fsp3) is 0.222. The summed E-state index contributed by atoms with van der Waals surface area (Å²) in [6, 6.07) is 3.06. The molecule has 13 heavy (non-hydrogen) atoms. The number of hydrogen-bond donors (Lipinski definition) is 0. The zero-order chi connectivity index (χ0) is 10.0. The summed E-state index contributed by atoms with van der Waals surface area (Å²) in [6.45, 7) is 1.94. The van der Waals surface area contributed by atoms with Crippen LogP contribution in [0.4, 0.5) is 0 Å². The molecule has 0 bridgehead atoms. The topological polar surface area (TPSA) is 17.1 Å². The predicted octanol–water partition coefficient (Wildman–Crippen LogP) is 3.93. The fourth-order valence-corrected chi connectivity index (χ4v) is 1.92. The van der Waals surface area contributed by atoms with Gasteiger partial charge >= 0.3 is 0 Å². The summed E-state index contributed by atoms with van der Waals surface area (Å²) < 4.78 is 0. The summed E-state index contributed by atoms with van der Waals surface area (Å²) in [4.78, 5) is 10.8. The summed E-state index contributed by atoms with van der Waals surface area (Å²) in [6.07, 6.45) is 0.731. The highest BCUT2D eigenvalue weighted by atomic mass is 35.5. The zero-order valence-corrected chi connectivity index (χ0v) is 9.17. The van der Waals surface area contributed by atoms with Crippen LogP contribution in [0.15, 0.2) is 12.1 Å². The molecular formula is C9H7Cl3O. The molecule has 0 aliphatic heterocycles. The second-order valence-electron chi connectivity index (χ2n) is 2.55. The molecule has 0 atom stereocenters. The van der Waals surface area contributed by atoms with Gasteiger partial charge in [-0.15, -0.1) is 0 Å². The summed E-state index contributed by atoms with van der Waals surface area (Å²) in [5.74, 6) is 0. The summed E-state index contributed by atoms with van der Waals surface area (Å²) >= 11 is 17.1. The second kappa shape index (κ2) is 4.32. The molecule has 0 heterocycles. The van der Waals surface area contributed by atoms with Crippen molar-refractivity contribution in [3.8, 4) is 0 Å². The fourth-order valence-electron chi connectivity index (χ4n) is 1.05. The molecule has 4 heteroatoms. The molecule has 0 saturated carbocycles. The van der Waals surface area contributed by atoms with E-state index in [1.165, 1.54) is 12.1 Å². The molecule has 0 N–H and O–H groups in total. The molecule has 0 unspecified atom stereocenters. The molecule has 1 nitrogen and oxygen atoms in total. The minimum Gasteiger partial charge on any atom is -0.276 e. The second-order valence-corrected chi connectivity index (χ2v) is 3.70. The van der Waals surface area contributed by atoms with Gasteiger partial charge in [0.05, 0.1) is 0 Å². The molecule has 0 aliphatic carbocycles. The lowest BCUT2D eigenvalue weighted by Crippen LogP contribution is -1.92. The SMILES string of the molecule is CCc1c(Cl)cc(C(=O)Cl)cc1Cl. The van der Waals surface area contributed by atoms with E-state index in [4.69, 9.17) is 34.8 Å². The molecule has 70 valence electrons. The highest BCUT2D eigenvalue weighted by Gasteiger charge is 2.09. The first kappa shape index (κ1) is 10.8. The summed E-state index contributed by atoms with van der Waals surface area (Å²) in [5, 5.41) is 0.421. The van der Waals surface area contributed by atoms with E-state index in [9.17, 15) is 4.79 Å². The van der Waals surface area contributed by atoms with E-state index in [-0.39, 0.29) is 0 Å². The van der Waals surface area contributed by atoms with Crippen molar-refractivity contribution in [2.75, 3.05) is 0 Å². The normalized spacial score (nSPS) is 10.2. The minimum absolute atomic E-state index is 0.328. The van der Waals surface area contributed by atoms with Crippen molar-refractivity contribution in [2.24, 2.45) is 0 Å². The molecule has 0 fully saturated rings. The van der Waals surface area contributed by atoms with Gasteiger partial charge in [-0.2, -0.15) is 0 Å². The maximum absolute atomic E-state index is 10.8. The number of hydrogen-bond acceptors (Lipinski definition) is 1. The maximum atomic E-state index is 10.8. The third kappa shape index (κ3) is 2.37. The van der Waals surface area contributed by atoms with Crippen LogP contribution >= 0.6 is 34.8 Å². The number of carbonyl (C=O) groups is 1. The van der Waals surface area contributed by atoms with E-state index in [1.807, 2.05) is 6.92 Å². The lowest BCUT2D eigenvalue weighted by Gasteiger charge is -2.05. The van der Waals surface area contributed by atoms with Crippen molar-refractivity contribution in [3.63, 3.8) is 0 Å². The van der Waals surface area contributed by atoms with Crippen LogP contribution in [0.25, 0.3) is 0 Å². The van der Waals surface area contributed by atoms with Gasteiger partial charge in [-0.25, -0.2) is 0 Å². The van der Waals surface area contributed by atoms with Gasteiger partial charge in [-0.05, 0) is 35.7 Å². The zero-order valence-electron chi connectivity index (χ0n) is 6.90. The van der Waals surface area contributed by atoms with Crippen molar-refractivity contribution >= 4 is 40.0 Å². The van der Waals surface area contributed by atoms with Gasteiger partial charge in [-0.1, -0.05) is 30.1 Å². The van der Waals surface area contributed by atoms with Crippen LogP contribution in [-0.2, 0) is 6.42 Å². The Labute approximate surface area is 91.6 Å². The van der Waals surface area contributed by atoms with E-state index in [0.29, 0.717) is 15.6 Å². The molecule has 0 spiro atoms. The van der Waals surface area contributed by atoms with Crippen molar-refractivity contribution < 1.29 is 4.79 Å². The number of benzene rings is 1. The molecule has 0 radical (unpaired) electrons. The molecular weight excluding hydrogens is 230 g/mol. The monoisotopic (exact) mass is 236 g/mol. The first-order valence-corrected chi connectivity index (χ1v) is 4.87. The Kier molecular flexibility index (Phi) is 3.60. The Morgan fingerprint density at radius 1 is 1.31 bits per heavy atom. The summed E-state index contributed by atoms with van der Waals surface area (Å²) in [5.41, 5.74) is 1.17. The van der Waals surface area contributed by atoms with Crippen molar-refractivity contribution in [1.29, 1.82) is 0 Å². The smallest absolute Gasteiger partial charge is 0.252 e. The van der Waals surface area contributed by atoms with Crippen LogP contribution in [0.1, 0.15) is 22.8 Å². The number of carbonyl (C=O) groups excluding carboxylic acids is 1. The highest BCUT2D eigenvalue weighted by Crippen LogP contribution is 2.27. The van der Waals surface area contributed by atoms with Crippen LogP contribution in [0, 0.1) is 0 Å². The van der Waals surface area contributed by atoms with Gasteiger partial charge in [0, 0.05) is 15.6 Å². The van der Waals surface area contributed by atoms with Crippen LogP contribution in [-0.4, -0.2) is 5.24 Å². The van der Waals surface area contributed by atoms with E-state index in [2.05, 4.69) is 0 Å². The molecule has 1 rings (SSSR count). The molecule has 0 amide bonds. The lowest BCUT2D eigenvalue weighted by molar-refractivity contribution is 0.108. The quantitative estimate of drug-likeness (QED) is 0.712. The van der Waals surface area contributed by atoms with E-state index >= 15 is 0 Å². The Morgan fingerprint density at radius 2 is 1.77 bits per heavy atom. The number of rotatable bonds is 2. The van der Waals surface area contributed by atoms with Crippen LogP contribution in [0.5, 0.6) is 0 Å². The van der Waals surface area contributed by atoms with Crippen molar-refractivity contribution in [1.82, 2.24) is 0 Å². The third-order valence-electron chi connectivity index (χ3n) is 1.72. The molecule has 0 aromatic heterocycles. The van der Waals surface area contributed by atoms with Crippen LogP contribution in [0.2, 0.25) is 10.0 Å². The standard InChI is InChI=1S/C9H7Cl3O/c1-2-6-7(10)3-5(9(12)13)4-8(6)11/h3-4H,2H2,1H3. The van der Waals surface area contributed by atoms with E-state index in [1.54, 1.807) is 0 Å². The Morgan fingerprint density at radius 3 is 2.08 bits per heavy atom. The van der Waals surface area contributed by atoms with E-state index in [0.717, 1.165) is 12.0 Å². The predicted molar refractivity (Wildman–Crippen MR) is 56.0 cm³/mol. The van der Waals surface area contributed by atoms with Gasteiger partial charge in [0.2, 0.25) is 0 Å². The first-order chi connectivity index (χ1) is 6.06. The van der Waals surface area contributed by atoms with Gasteiger partial charge in [0.25, 0.3) is 5.24 Å². The Hall–Kier alpha value is -0.240. The average molecular weight is 238 g/mol. The van der Waals surface area contributed by atoms with Crippen molar-refractivity contribution in [3.05, 3.63) is 33.3 Å². The molecule has 1 aromatic carbocycles. The lowest BCUT2D eigenvalue weighted by atomic mass is 10.1. The number of halogens is 3. The average Bonchev–Trinajstić information content (AvgIpc) is 2.03.